The molecule has 66 valence electrons. The average molecular weight is 180 g/mol. The van der Waals surface area contributed by atoms with Crippen LogP contribution in [0.15, 0.2) is 0 Å². The van der Waals surface area contributed by atoms with E-state index in [4.69, 9.17) is 9.84 Å². The maximum Gasteiger partial charge on any atom is 0.319 e. The van der Waals surface area contributed by atoms with E-state index in [9.17, 15) is 9.00 Å². The van der Waals surface area contributed by atoms with Crippen molar-refractivity contribution < 1.29 is 18.8 Å². The van der Waals surface area contributed by atoms with Gasteiger partial charge in [0.2, 0.25) is 0 Å². The van der Waals surface area contributed by atoms with Crippen molar-refractivity contribution in [3.8, 4) is 0 Å². The van der Waals surface area contributed by atoms with E-state index < -0.39 is 22.0 Å². The van der Waals surface area contributed by atoms with Crippen LogP contribution in [0.1, 0.15) is 13.8 Å². The van der Waals surface area contributed by atoms with Gasteiger partial charge in [0.1, 0.15) is 11.2 Å². The van der Waals surface area contributed by atoms with E-state index >= 15 is 0 Å². The zero-order valence-corrected chi connectivity index (χ0v) is 7.39. The molecule has 0 amide bonds. The highest BCUT2D eigenvalue weighted by atomic mass is 32.2. The van der Waals surface area contributed by atoms with Gasteiger partial charge in [-0.1, -0.05) is 0 Å². The normalized spacial score (nSPS) is 15.8. The third-order valence-corrected chi connectivity index (χ3v) is 2.54. The number of ether oxygens (including phenoxy) is 1. The summed E-state index contributed by atoms with van der Waals surface area (Å²) >= 11 is 0. The summed E-state index contributed by atoms with van der Waals surface area (Å²) in [6, 6.07) is 0. The molecule has 0 bridgehead atoms. The number of aliphatic carboxylic acids is 1. The summed E-state index contributed by atoms with van der Waals surface area (Å²) in [6.07, 6.45) is 0. The lowest BCUT2D eigenvalue weighted by atomic mass is 10.5. The number of carboxylic acids is 1. The lowest BCUT2D eigenvalue weighted by Gasteiger charge is -2.05. The molecule has 0 saturated carbocycles. The van der Waals surface area contributed by atoms with Crippen LogP contribution in [-0.2, 0) is 20.3 Å². The lowest BCUT2D eigenvalue weighted by molar-refractivity contribution is -0.136. The Bertz CT molecular complexity index is 157. The van der Waals surface area contributed by atoms with Crippen LogP contribution in [0, 0.1) is 0 Å². The minimum atomic E-state index is -1.42. The number of rotatable bonds is 5. The van der Waals surface area contributed by atoms with Crippen LogP contribution in [0.3, 0.4) is 0 Å². The fourth-order valence-electron chi connectivity index (χ4n) is 0.380. The maximum absolute atomic E-state index is 10.9. The molecule has 2 atom stereocenters. The smallest absolute Gasteiger partial charge is 0.319 e. The van der Waals surface area contributed by atoms with Crippen molar-refractivity contribution in [3.63, 3.8) is 0 Å². The molecular weight excluding hydrogens is 168 g/mol. The van der Waals surface area contributed by atoms with Crippen molar-refractivity contribution >= 4 is 16.8 Å². The van der Waals surface area contributed by atoms with Gasteiger partial charge in [-0.25, -0.2) is 0 Å². The molecule has 2 unspecified atom stereocenters. The summed E-state index contributed by atoms with van der Waals surface area (Å²) in [7, 11) is -1.42. The van der Waals surface area contributed by atoms with Gasteiger partial charge < -0.3 is 9.84 Å². The Hall–Kier alpha value is -0.420. The van der Waals surface area contributed by atoms with E-state index in [1.807, 2.05) is 0 Å². The van der Waals surface area contributed by atoms with Crippen LogP contribution >= 0.6 is 0 Å². The van der Waals surface area contributed by atoms with Crippen LogP contribution in [-0.4, -0.2) is 33.1 Å². The van der Waals surface area contributed by atoms with E-state index in [1.54, 1.807) is 6.92 Å². The van der Waals surface area contributed by atoms with E-state index in [1.165, 1.54) is 6.92 Å². The average Bonchev–Trinajstić information content (AvgIpc) is 1.98. The van der Waals surface area contributed by atoms with Gasteiger partial charge in [0, 0.05) is 6.61 Å². The summed E-state index contributed by atoms with van der Waals surface area (Å²) in [5.41, 5.74) is 0. The van der Waals surface area contributed by atoms with Gasteiger partial charge in [-0.05, 0) is 13.8 Å². The highest BCUT2D eigenvalue weighted by Crippen LogP contribution is 1.96. The minimum absolute atomic E-state index is 0.00394. The van der Waals surface area contributed by atoms with Gasteiger partial charge >= 0.3 is 5.97 Å². The molecule has 0 spiro atoms. The minimum Gasteiger partial charge on any atom is -0.480 e. The third kappa shape index (κ3) is 4.10. The van der Waals surface area contributed by atoms with E-state index in [0.717, 1.165) is 0 Å². The molecular formula is C6H12O4S. The predicted molar refractivity (Wildman–Crippen MR) is 41.7 cm³/mol. The van der Waals surface area contributed by atoms with Crippen LogP contribution < -0.4 is 0 Å². The maximum atomic E-state index is 10.9. The molecule has 0 aromatic heterocycles. The topological polar surface area (TPSA) is 63.6 Å². The van der Waals surface area contributed by atoms with E-state index in [2.05, 4.69) is 0 Å². The Morgan fingerprint density at radius 1 is 1.73 bits per heavy atom. The second-order valence-electron chi connectivity index (χ2n) is 1.97. The quantitative estimate of drug-likeness (QED) is 0.656. The highest BCUT2D eigenvalue weighted by molar-refractivity contribution is 7.86. The monoisotopic (exact) mass is 180 g/mol. The Morgan fingerprint density at radius 3 is 2.64 bits per heavy atom. The van der Waals surface area contributed by atoms with Gasteiger partial charge in [0.05, 0.1) is 10.8 Å². The predicted octanol–water partition coefficient (Wildman–Crippen LogP) is 0.202. The SMILES string of the molecule is CCOCS(=O)C(C)C(=O)O. The first-order valence-electron chi connectivity index (χ1n) is 3.27. The van der Waals surface area contributed by atoms with Gasteiger partial charge in [0.15, 0.2) is 0 Å². The molecule has 11 heavy (non-hydrogen) atoms. The van der Waals surface area contributed by atoms with Gasteiger partial charge in [-0.15, -0.1) is 0 Å². The van der Waals surface area contributed by atoms with Gasteiger partial charge in [0.25, 0.3) is 0 Å². The van der Waals surface area contributed by atoms with Crippen molar-refractivity contribution in [1.29, 1.82) is 0 Å². The largest absolute Gasteiger partial charge is 0.480 e. The summed E-state index contributed by atoms with van der Waals surface area (Å²) in [6.45, 7) is 3.62. The second-order valence-corrected chi connectivity index (χ2v) is 3.68. The lowest BCUT2D eigenvalue weighted by Crippen LogP contribution is -2.24. The fraction of sp³-hybridized carbons (Fsp3) is 0.833. The van der Waals surface area contributed by atoms with Crippen LogP contribution in [0.5, 0.6) is 0 Å². The zero-order chi connectivity index (χ0) is 8.85. The Morgan fingerprint density at radius 2 is 2.27 bits per heavy atom. The van der Waals surface area contributed by atoms with Gasteiger partial charge in [-0.2, -0.15) is 0 Å². The van der Waals surface area contributed by atoms with Crippen molar-refractivity contribution in [2.45, 2.75) is 19.1 Å². The molecule has 0 heterocycles. The fourth-order valence-corrected chi connectivity index (χ4v) is 1.14. The standard InChI is InChI=1S/C6H12O4S/c1-3-10-4-11(9)5(2)6(7)8/h5H,3-4H2,1-2H3,(H,7,8). The Kier molecular flexibility index (Phi) is 5.06. The summed E-state index contributed by atoms with van der Waals surface area (Å²) in [4.78, 5) is 10.3. The van der Waals surface area contributed by atoms with Crippen molar-refractivity contribution in [1.82, 2.24) is 0 Å². The molecule has 1 N–H and O–H groups in total. The molecule has 0 aliphatic rings. The number of carbonyl (C=O) groups is 1. The molecule has 0 fully saturated rings. The molecule has 4 nitrogen and oxygen atoms in total. The summed E-state index contributed by atoms with van der Waals surface area (Å²) in [5, 5.41) is 7.56. The number of hydrogen-bond donors (Lipinski definition) is 1. The second kappa shape index (κ2) is 5.26. The first-order chi connectivity index (χ1) is 5.09. The Balaban J connectivity index is 3.74. The van der Waals surface area contributed by atoms with Crippen molar-refractivity contribution in [2.75, 3.05) is 12.5 Å². The van der Waals surface area contributed by atoms with Crippen LogP contribution in [0.4, 0.5) is 0 Å². The first-order valence-corrected chi connectivity index (χ1v) is 4.65. The van der Waals surface area contributed by atoms with Gasteiger partial charge in [-0.3, -0.25) is 9.00 Å². The molecule has 0 rings (SSSR count). The molecule has 0 aliphatic carbocycles. The highest BCUT2D eigenvalue weighted by Gasteiger charge is 2.18. The molecule has 0 aromatic carbocycles. The molecule has 0 aliphatic heterocycles. The molecule has 0 saturated heterocycles. The first kappa shape index (κ1) is 10.6. The summed E-state index contributed by atoms with van der Waals surface area (Å²) in [5.74, 6) is -1.05. The van der Waals surface area contributed by atoms with Crippen LogP contribution in [0.25, 0.3) is 0 Å². The number of carboxylic acid groups (broad SMARTS) is 1. The van der Waals surface area contributed by atoms with Crippen LogP contribution in [0.2, 0.25) is 0 Å². The van der Waals surface area contributed by atoms with Crippen molar-refractivity contribution in [3.05, 3.63) is 0 Å². The van der Waals surface area contributed by atoms with E-state index in [0.29, 0.717) is 6.61 Å². The third-order valence-electron chi connectivity index (χ3n) is 1.15. The number of hydrogen-bond acceptors (Lipinski definition) is 3. The Labute approximate surface area is 68.0 Å². The molecule has 5 heteroatoms. The molecule has 0 aromatic rings. The molecule has 0 radical (unpaired) electrons. The van der Waals surface area contributed by atoms with E-state index in [-0.39, 0.29) is 5.94 Å². The zero-order valence-electron chi connectivity index (χ0n) is 6.57. The van der Waals surface area contributed by atoms with Crippen molar-refractivity contribution in [2.24, 2.45) is 0 Å². The summed E-state index contributed by atoms with van der Waals surface area (Å²) < 4.78 is 15.8.